The van der Waals surface area contributed by atoms with Crippen LogP contribution in [0, 0.1) is 0 Å². The van der Waals surface area contributed by atoms with E-state index in [1.165, 1.54) is 30.3 Å². The van der Waals surface area contributed by atoms with Crippen molar-refractivity contribution in [2.24, 2.45) is 0 Å². The van der Waals surface area contributed by atoms with E-state index in [1.807, 2.05) is 0 Å². The molecule has 1 aromatic heterocycles. The highest BCUT2D eigenvalue weighted by Crippen LogP contribution is 2.42. The van der Waals surface area contributed by atoms with E-state index < -0.39 is 52.7 Å². The normalized spacial score (nSPS) is 13.2. The molecule has 0 aliphatic rings. The summed E-state index contributed by atoms with van der Waals surface area (Å²) in [5.41, 5.74) is -2.26. The molecule has 0 amide bonds. The molecule has 11 heteroatoms. The predicted molar refractivity (Wildman–Crippen MR) is 85.8 cm³/mol. The fourth-order valence-corrected chi connectivity index (χ4v) is 5.44. The second-order valence-electron chi connectivity index (χ2n) is 5.25. The van der Waals surface area contributed by atoms with Gasteiger partial charge in [-0.1, -0.05) is 36.4 Å². The van der Waals surface area contributed by atoms with Crippen LogP contribution in [0.1, 0.15) is 5.56 Å². The first kappa shape index (κ1) is 18.4. The van der Waals surface area contributed by atoms with Crippen LogP contribution in [-0.4, -0.2) is 25.4 Å². The number of hydrogen-bond acceptors (Lipinski definition) is 4. The molecule has 6 nitrogen and oxygen atoms in total. The molecule has 1 heterocycles. The Morgan fingerprint density at radius 3 is 1.92 bits per heavy atom. The molecular formula is C15H10F3NO5S2. The van der Waals surface area contributed by atoms with Gasteiger partial charge in [-0.25, -0.2) is 12.4 Å². The number of nitrogens with zero attached hydrogens (tertiary/aromatic N) is 1. The van der Waals surface area contributed by atoms with Crippen molar-refractivity contribution >= 4 is 31.0 Å². The van der Waals surface area contributed by atoms with E-state index in [4.69, 9.17) is 0 Å². The highest BCUT2D eigenvalue weighted by Gasteiger charge is 2.44. The quantitative estimate of drug-likeness (QED) is 0.676. The van der Waals surface area contributed by atoms with Gasteiger partial charge in [0, 0.05) is 5.39 Å². The van der Waals surface area contributed by atoms with Gasteiger partial charge < -0.3 is 0 Å². The molecule has 0 saturated carbocycles. The molecule has 0 radical (unpaired) electrons. The van der Waals surface area contributed by atoms with Crippen molar-refractivity contribution in [3.63, 3.8) is 0 Å². The summed E-state index contributed by atoms with van der Waals surface area (Å²) in [7, 11) is -10.3. The third-order valence-electron chi connectivity index (χ3n) is 3.60. The van der Waals surface area contributed by atoms with Gasteiger partial charge in [-0.05, 0) is 18.2 Å². The Labute approximate surface area is 146 Å². The lowest BCUT2D eigenvalue weighted by Crippen LogP contribution is -2.21. The van der Waals surface area contributed by atoms with Crippen LogP contribution in [0.4, 0.5) is 13.2 Å². The molecule has 0 bridgehead atoms. The minimum Gasteiger partial charge on any atom is -0.281 e. The van der Waals surface area contributed by atoms with E-state index in [1.54, 1.807) is 0 Å². The fourth-order valence-electron chi connectivity index (χ4n) is 2.63. The lowest BCUT2D eigenvalue weighted by Gasteiger charge is -2.12. The summed E-state index contributed by atoms with van der Waals surface area (Å²) in [5, 5.41) is -2.40. The van der Waals surface area contributed by atoms with Gasteiger partial charge in [0.2, 0.25) is 0 Å². The molecule has 0 unspecified atom stereocenters. The second-order valence-corrected chi connectivity index (χ2v) is 8.38. The molecule has 0 spiro atoms. The Morgan fingerprint density at radius 1 is 0.846 bits per heavy atom. The largest absolute Gasteiger partial charge is 0.419 e. The van der Waals surface area contributed by atoms with E-state index >= 15 is 0 Å². The summed E-state index contributed by atoms with van der Waals surface area (Å²) in [5.74, 6) is 0. The molecule has 0 aliphatic heterocycles. The molecule has 1 N–H and O–H groups in total. The van der Waals surface area contributed by atoms with E-state index in [9.17, 15) is 34.6 Å². The standard InChI is InChI=1S/C15H10F3NO5S2/c16-15(17,18)13-11-8-4-5-9-12(11)19(14(13)26(22,23)24)25(20,21)10-6-2-1-3-7-10/h1-9H,(H,22,23,24). The van der Waals surface area contributed by atoms with Gasteiger partial charge in [0.1, 0.15) is 5.56 Å². The number of halogens is 3. The van der Waals surface area contributed by atoms with Crippen LogP contribution in [0.2, 0.25) is 0 Å². The Bertz CT molecular complexity index is 1200. The SMILES string of the molecule is O=S(=O)(O)c1c(C(F)(F)F)c2ccccc2n1S(=O)(=O)c1ccccc1. The first-order valence-electron chi connectivity index (χ1n) is 6.94. The van der Waals surface area contributed by atoms with Crippen molar-refractivity contribution in [3.8, 4) is 0 Å². The lowest BCUT2D eigenvalue weighted by atomic mass is 10.2. The average Bonchev–Trinajstić information content (AvgIpc) is 2.92. The maximum Gasteiger partial charge on any atom is 0.419 e. The molecule has 26 heavy (non-hydrogen) atoms. The maximum atomic E-state index is 13.5. The van der Waals surface area contributed by atoms with Gasteiger partial charge in [-0.15, -0.1) is 0 Å². The number of alkyl halides is 3. The molecule has 0 saturated heterocycles. The van der Waals surface area contributed by atoms with Crippen LogP contribution in [0.15, 0.2) is 64.5 Å². The maximum absolute atomic E-state index is 13.5. The minimum absolute atomic E-state index is 0.00975. The van der Waals surface area contributed by atoms with Gasteiger partial charge in [0.25, 0.3) is 10.0 Å². The van der Waals surface area contributed by atoms with Gasteiger partial charge in [0.15, 0.2) is 5.03 Å². The number of benzene rings is 2. The lowest BCUT2D eigenvalue weighted by molar-refractivity contribution is -0.138. The van der Waals surface area contributed by atoms with Crippen molar-refractivity contribution in [2.75, 3.05) is 0 Å². The van der Waals surface area contributed by atoms with Crippen LogP contribution in [0.3, 0.4) is 0 Å². The monoisotopic (exact) mass is 405 g/mol. The molecular weight excluding hydrogens is 395 g/mol. The van der Waals surface area contributed by atoms with E-state index in [2.05, 4.69) is 0 Å². The van der Waals surface area contributed by atoms with E-state index in [0.29, 0.717) is 0 Å². The number of para-hydroxylation sites is 1. The summed E-state index contributed by atoms with van der Waals surface area (Å²) in [6, 6.07) is 10.8. The molecule has 3 rings (SSSR count). The highest BCUT2D eigenvalue weighted by atomic mass is 32.2. The molecule has 0 fully saturated rings. The zero-order valence-electron chi connectivity index (χ0n) is 12.7. The predicted octanol–water partition coefficient (Wildman–Crippen LogP) is 3.14. The Hall–Kier alpha value is -2.37. The van der Waals surface area contributed by atoms with Crippen LogP contribution in [0.5, 0.6) is 0 Å². The van der Waals surface area contributed by atoms with Crippen molar-refractivity contribution < 1.29 is 34.6 Å². The molecule has 138 valence electrons. The first-order chi connectivity index (χ1) is 12.0. The zero-order chi connectivity index (χ0) is 19.3. The summed E-state index contributed by atoms with van der Waals surface area (Å²) in [6.45, 7) is 0. The average molecular weight is 405 g/mol. The van der Waals surface area contributed by atoms with Gasteiger partial charge in [0.05, 0.1) is 10.4 Å². The molecule has 3 aromatic rings. The van der Waals surface area contributed by atoms with Gasteiger partial charge >= 0.3 is 16.3 Å². The van der Waals surface area contributed by atoms with Crippen molar-refractivity contribution in [1.82, 2.24) is 3.97 Å². The number of aromatic nitrogens is 1. The van der Waals surface area contributed by atoms with Crippen LogP contribution >= 0.6 is 0 Å². The first-order valence-corrected chi connectivity index (χ1v) is 9.82. The third-order valence-corrected chi connectivity index (χ3v) is 6.32. The highest BCUT2D eigenvalue weighted by molar-refractivity contribution is 7.91. The summed E-state index contributed by atoms with van der Waals surface area (Å²) in [4.78, 5) is -0.431. The smallest absolute Gasteiger partial charge is 0.281 e. The van der Waals surface area contributed by atoms with Crippen LogP contribution < -0.4 is 0 Å². The fraction of sp³-hybridized carbons (Fsp3) is 0.0667. The van der Waals surface area contributed by atoms with Crippen molar-refractivity contribution in [3.05, 3.63) is 60.2 Å². The van der Waals surface area contributed by atoms with E-state index in [-0.39, 0.29) is 3.97 Å². The van der Waals surface area contributed by atoms with Crippen LogP contribution in [-0.2, 0) is 26.3 Å². The Morgan fingerprint density at radius 2 is 1.38 bits per heavy atom. The summed E-state index contributed by atoms with van der Waals surface area (Å²) >= 11 is 0. The van der Waals surface area contributed by atoms with Gasteiger partial charge in [-0.3, -0.25) is 4.55 Å². The summed E-state index contributed by atoms with van der Waals surface area (Å²) in [6.07, 6.45) is -5.22. The zero-order valence-corrected chi connectivity index (χ0v) is 14.3. The second kappa shape index (κ2) is 5.83. The van der Waals surface area contributed by atoms with E-state index in [0.717, 1.165) is 24.3 Å². The Balaban J connectivity index is 2.59. The van der Waals surface area contributed by atoms with Crippen molar-refractivity contribution in [2.45, 2.75) is 16.1 Å². The van der Waals surface area contributed by atoms with Gasteiger partial charge in [-0.2, -0.15) is 21.6 Å². The third kappa shape index (κ3) is 2.87. The Kier molecular flexibility index (Phi) is 4.13. The number of hydrogen-bond donors (Lipinski definition) is 1. The molecule has 0 aliphatic carbocycles. The van der Waals surface area contributed by atoms with Crippen LogP contribution in [0.25, 0.3) is 10.9 Å². The minimum atomic E-state index is -5.54. The summed E-state index contributed by atoms with van der Waals surface area (Å²) < 4.78 is 99.2. The molecule has 0 atom stereocenters. The number of fused-ring (bicyclic) bond motifs is 1. The molecule has 2 aromatic carbocycles. The number of rotatable bonds is 3. The van der Waals surface area contributed by atoms with Crippen molar-refractivity contribution in [1.29, 1.82) is 0 Å². The topological polar surface area (TPSA) is 93.4 Å².